The van der Waals surface area contributed by atoms with Gasteiger partial charge in [-0.25, -0.2) is 0 Å². The molecule has 0 N–H and O–H groups in total. The Morgan fingerprint density at radius 2 is 2.08 bits per heavy atom. The van der Waals surface area contributed by atoms with E-state index in [-0.39, 0.29) is 35.9 Å². The summed E-state index contributed by atoms with van der Waals surface area (Å²) in [7, 11) is 0. The monoisotopic (exact) mass is 182 g/mol. The van der Waals surface area contributed by atoms with Crippen LogP contribution in [0, 0.1) is 11.8 Å². The summed E-state index contributed by atoms with van der Waals surface area (Å²) < 4.78 is 5.46. The van der Waals surface area contributed by atoms with Crippen LogP contribution in [0.15, 0.2) is 0 Å². The first-order valence-corrected chi connectivity index (χ1v) is 4.89. The summed E-state index contributed by atoms with van der Waals surface area (Å²) in [6.45, 7) is 2.56. The van der Waals surface area contributed by atoms with Crippen LogP contribution in [0.25, 0.3) is 0 Å². The Labute approximate surface area is 77.4 Å². The van der Waals surface area contributed by atoms with E-state index in [1.165, 1.54) is 0 Å². The Morgan fingerprint density at radius 1 is 1.31 bits per heavy atom. The van der Waals surface area contributed by atoms with Crippen LogP contribution in [0.1, 0.15) is 26.2 Å². The normalized spacial score (nSPS) is 38.4. The number of ketones is 2. The van der Waals surface area contributed by atoms with E-state index in [4.69, 9.17) is 4.74 Å². The van der Waals surface area contributed by atoms with Crippen LogP contribution in [-0.4, -0.2) is 24.3 Å². The summed E-state index contributed by atoms with van der Waals surface area (Å²) in [5.74, 6) is 0.350. The standard InChI is InChI=1S/C10H14O3/c1-2-13-10-4-6-3-7(10)9(12)5-8(6)11/h6-7,10H,2-5H2,1H3/t6-,7-,10+/m1/s1. The highest BCUT2D eigenvalue weighted by atomic mass is 16.5. The Morgan fingerprint density at radius 3 is 2.77 bits per heavy atom. The molecule has 0 aromatic heterocycles. The van der Waals surface area contributed by atoms with E-state index in [0.717, 1.165) is 12.8 Å². The molecule has 2 bridgehead atoms. The maximum Gasteiger partial charge on any atom is 0.145 e. The van der Waals surface area contributed by atoms with Crippen molar-refractivity contribution in [3.63, 3.8) is 0 Å². The first-order valence-electron chi connectivity index (χ1n) is 4.89. The molecule has 13 heavy (non-hydrogen) atoms. The molecular formula is C10H14O3. The topological polar surface area (TPSA) is 43.4 Å². The van der Waals surface area contributed by atoms with Crippen molar-refractivity contribution in [2.45, 2.75) is 32.3 Å². The van der Waals surface area contributed by atoms with Gasteiger partial charge in [-0.05, 0) is 19.8 Å². The quantitative estimate of drug-likeness (QED) is 0.597. The van der Waals surface area contributed by atoms with Crippen molar-refractivity contribution < 1.29 is 14.3 Å². The van der Waals surface area contributed by atoms with Gasteiger partial charge >= 0.3 is 0 Å². The lowest BCUT2D eigenvalue weighted by molar-refractivity contribution is -0.134. The highest BCUT2D eigenvalue weighted by Crippen LogP contribution is 2.39. The fourth-order valence-electron chi connectivity index (χ4n) is 2.45. The smallest absolute Gasteiger partial charge is 0.145 e. The lowest BCUT2D eigenvalue weighted by Crippen LogP contribution is -2.29. The predicted molar refractivity (Wildman–Crippen MR) is 46.3 cm³/mol. The van der Waals surface area contributed by atoms with E-state index < -0.39 is 0 Å². The first-order chi connectivity index (χ1) is 6.22. The van der Waals surface area contributed by atoms with Crippen molar-refractivity contribution in [2.75, 3.05) is 6.61 Å². The molecule has 0 spiro atoms. The summed E-state index contributed by atoms with van der Waals surface area (Å²) in [5.41, 5.74) is 0. The van der Waals surface area contributed by atoms with Gasteiger partial charge in [-0.1, -0.05) is 0 Å². The Kier molecular flexibility index (Phi) is 2.20. The molecule has 3 atom stereocenters. The van der Waals surface area contributed by atoms with Gasteiger partial charge in [-0.2, -0.15) is 0 Å². The highest BCUT2D eigenvalue weighted by Gasteiger charge is 2.46. The molecule has 0 radical (unpaired) electrons. The van der Waals surface area contributed by atoms with Crippen molar-refractivity contribution in [1.29, 1.82) is 0 Å². The molecule has 2 fully saturated rings. The second-order valence-corrected chi connectivity index (χ2v) is 3.88. The molecule has 72 valence electrons. The molecule has 0 aromatic rings. The molecule has 0 amide bonds. The Hall–Kier alpha value is -0.700. The molecule has 0 heterocycles. The Bertz CT molecular complexity index is 247. The molecule has 2 aliphatic rings. The first kappa shape index (κ1) is 8.88. The van der Waals surface area contributed by atoms with Gasteiger partial charge in [-0.3, -0.25) is 9.59 Å². The minimum Gasteiger partial charge on any atom is -0.378 e. The van der Waals surface area contributed by atoms with E-state index in [1.807, 2.05) is 6.92 Å². The fraction of sp³-hybridized carbons (Fsp3) is 0.800. The SMILES string of the molecule is CCO[C@H]1C[C@H]2C[C@@H]1C(=O)CC2=O. The number of hydrogen-bond donors (Lipinski definition) is 0. The van der Waals surface area contributed by atoms with Gasteiger partial charge < -0.3 is 4.74 Å². The lowest BCUT2D eigenvalue weighted by atomic mass is 9.87. The number of hydrogen-bond acceptors (Lipinski definition) is 3. The fourth-order valence-corrected chi connectivity index (χ4v) is 2.45. The van der Waals surface area contributed by atoms with E-state index in [9.17, 15) is 9.59 Å². The third kappa shape index (κ3) is 1.41. The van der Waals surface area contributed by atoms with Gasteiger partial charge in [0.15, 0.2) is 0 Å². The number of carbonyl (C=O) groups is 2. The van der Waals surface area contributed by atoms with Crippen LogP contribution in [0.3, 0.4) is 0 Å². The summed E-state index contributed by atoms with van der Waals surface area (Å²) in [6, 6.07) is 0. The van der Waals surface area contributed by atoms with Crippen LogP contribution in [-0.2, 0) is 14.3 Å². The van der Waals surface area contributed by atoms with Crippen LogP contribution >= 0.6 is 0 Å². The zero-order valence-corrected chi connectivity index (χ0v) is 7.79. The number of Topliss-reactive ketones (excluding diaryl/α,β-unsaturated/α-hetero) is 2. The molecule has 0 aliphatic heterocycles. The van der Waals surface area contributed by atoms with Crippen LogP contribution in [0.2, 0.25) is 0 Å². The van der Waals surface area contributed by atoms with E-state index >= 15 is 0 Å². The molecule has 2 rings (SSSR count). The van der Waals surface area contributed by atoms with Gasteiger partial charge in [0, 0.05) is 18.4 Å². The third-order valence-electron chi connectivity index (χ3n) is 3.10. The van der Waals surface area contributed by atoms with Gasteiger partial charge in [0.2, 0.25) is 0 Å². The zero-order chi connectivity index (χ0) is 9.42. The number of carbonyl (C=O) groups excluding carboxylic acids is 2. The molecule has 3 heteroatoms. The zero-order valence-electron chi connectivity index (χ0n) is 7.79. The van der Waals surface area contributed by atoms with Crippen molar-refractivity contribution in [2.24, 2.45) is 11.8 Å². The minimum absolute atomic E-state index is 0.0163. The summed E-state index contributed by atoms with van der Waals surface area (Å²) in [4.78, 5) is 22.8. The third-order valence-corrected chi connectivity index (χ3v) is 3.10. The van der Waals surface area contributed by atoms with Gasteiger partial charge in [-0.15, -0.1) is 0 Å². The molecule has 3 nitrogen and oxygen atoms in total. The van der Waals surface area contributed by atoms with E-state index in [0.29, 0.717) is 6.61 Å². The van der Waals surface area contributed by atoms with Gasteiger partial charge in [0.1, 0.15) is 11.6 Å². The van der Waals surface area contributed by atoms with E-state index in [2.05, 4.69) is 0 Å². The number of rotatable bonds is 2. The second kappa shape index (κ2) is 3.22. The summed E-state index contributed by atoms with van der Waals surface area (Å²) in [5, 5.41) is 0. The minimum atomic E-state index is 0.0163. The van der Waals surface area contributed by atoms with Crippen LogP contribution < -0.4 is 0 Å². The lowest BCUT2D eigenvalue weighted by Gasteiger charge is -2.18. The molecule has 0 unspecified atom stereocenters. The average molecular weight is 182 g/mol. The number of fused-ring (bicyclic) bond motifs is 2. The largest absolute Gasteiger partial charge is 0.378 e. The predicted octanol–water partition coefficient (Wildman–Crippen LogP) is 0.960. The van der Waals surface area contributed by atoms with Gasteiger partial charge in [0.25, 0.3) is 0 Å². The molecular weight excluding hydrogens is 168 g/mol. The molecule has 0 saturated heterocycles. The van der Waals surface area contributed by atoms with Crippen molar-refractivity contribution in [3.05, 3.63) is 0 Å². The summed E-state index contributed by atoms with van der Waals surface area (Å²) in [6.07, 6.45) is 1.68. The Balaban J connectivity index is 2.12. The summed E-state index contributed by atoms with van der Waals surface area (Å²) >= 11 is 0. The molecule has 2 aliphatic carbocycles. The molecule has 2 saturated carbocycles. The maximum absolute atomic E-state index is 11.4. The number of ether oxygens (including phenoxy) is 1. The van der Waals surface area contributed by atoms with Crippen molar-refractivity contribution >= 4 is 11.6 Å². The van der Waals surface area contributed by atoms with Gasteiger partial charge in [0.05, 0.1) is 12.5 Å². The maximum atomic E-state index is 11.4. The van der Waals surface area contributed by atoms with Crippen molar-refractivity contribution in [1.82, 2.24) is 0 Å². The highest BCUT2D eigenvalue weighted by molar-refractivity contribution is 6.04. The van der Waals surface area contributed by atoms with Crippen LogP contribution in [0.4, 0.5) is 0 Å². The van der Waals surface area contributed by atoms with Crippen LogP contribution in [0.5, 0.6) is 0 Å². The average Bonchev–Trinajstić information content (AvgIpc) is 2.44. The molecule has 0 aromatic carbocycles. The van der Waals surface area contributed by atoms with Crippen molar-refractivity contribution in [3.8, 4) is 0 Å². The van der Waals surface area contributed by atoms with E-state index in [1.54, 1.807) is 0 Å². The second-order valence-electron chi connectivity index (χ2n) is 3.88.